The zero-order valence-corrected chi connectivity index (χ0v) is 11.4. The highest BCUT2D eigenvalue weighted by atomic mass is 16.5. The zero-order chi connectivity index (χ0) is 13.8. The van der Waals surface area contributed by atoms with E-state index in [0.29, 0.717) is 17.7 Å². The number of carbonyl (C=O) groups excluding carboxylic acids is 1. The van der Waals surface area contributed by atoms with Gasteiger partial charge in [0.05, 0.1) is 12.7 Å². The van der Waals surface area contributed by atoms with Crippen LogP contribution >= 0.6 is 0 Å². The molecule has 3 heteroatoms. The molecule has 2 aromatic rings. The Balaban J connectivity index is 2.32. The molecule has 0 N–H and O–H groups in total. The van der Waals surface area contributed by atoms with Crippen molar-refractivity contribution in [2.24, 2.45) is 0 Å². The number of rotatable bonds is 4. The summed E-state index contributed by atoms with van der Waals surface area (Å²) < 4.78 is 5.38. The molecule has 0 radical (unpaired) electrons. The summed E-state index contributed by atoms with van der Waals surface area (Å²) in [5, 5.41) is 0. The van der Waals surface area contributed by atoms with Crippen LogP contribution in [0.3, 0.4) is 0 Å². The molecule has 0 unspecified atom stereocenters. The van der Waals surface area contributed by atoms with Crippen molar-refractivity contribution < 1.29 is 9.53 Å². The van der Waals surface area contributed by atoms with Crippen LogP contribution in [-0.4, -0.2) is 17.9 Å². The van der Waals surface area contributed by atoms with Crippen LogP contribution in [0, 0.1) is 13.8 Å². The minimum absolute atomic E-state index is 0.0490. The van der Waals surface area contributed by atoms with Gasteiger partial charge in [-0.1, -0.05) is 12.1 Å². The average molecular weight is 255 g/mol. The van der Waals surface area contributed by atoms with E-state index in [-0.39, 0.29) is 5.78 Å². The van der Waals surface area contributed by atoms with Crippen molar-refractivity contribution in [3.05, 3.63) is 58.9 Å². The van der Waals surface area contributed by atoms with Gasteiger partial charge in [0.1, 0.15) is 5.75 Å². The molecule has 0 amide bonds. The number of aryl methyl sites for hydroxylation is 1. The Morgan fingerprint density at radius 2 is 2.05 bits per heavy atom. The molecule has 0 spiro atoms. The summed E-state index contributed by atoms with van der Waals surface area (Å²) in [6.07, 6.45) is 3.75. The van der Waals surface area contributed by atoms with Gasteiger partial charge in [-0.2, -0.15) is 0 Å². The van der Waals surface area contributed by atoms with E-state index in [9.17, 15) is 4.79 Å². The molecule has 0 bridgehead atoms. The third-order valence-corrected chi connectivity index (χ3v) is 3.27. The van der Waals surface area contributed by atoms with E-state index in [2.05, 4.69) is 4.98 Å². The molecule has 98 valence electrons. The van der Waals surface area contributed by atoms with Crippen molar-refractivity contribution in [1.82, 2.24) is 4.98 Å². The van der Waals surface area contributed by atoms with Gasteiger partial charge in [-0.15, -0.1) is 0 Å². The van der Waals surface area contributed by atoms with E-state index in [1.165, 1.54) is 0 Å². The summed E-state index contributed by atoms with van der Waals surface area (Å²) in [6, 6.07) is 7.52. The number of aromatic nitrogens is 1. The van der Waals surface area contributed by atoms with E-state index in [1.54, 1.807) is 19.5 Å². The number of ketones is 1. The number of Topliss-reactive ketones (excluding diaryl/α,β-unsaturated/α-hetero) is 1. The third kappa shape index (κ3) is 2.81. The second-order valence-electron chi connectivity index (χ2n) is 4.55. The Bertz CT molecular complexity index is 591. The SMILES string of the molecule is COc1c(C(=O)Cc2cccnc2)ccc(C)c1C. The molecule has 3 nitrogen and oxygen atoms in total. The first-order chi connectivity index (χ1) is 9.13. The van der Waals surface area contributed by atoms with Crippen LogP contribution < -0.4 is 4.74 Å². The Kier molecular flexibility index (Phi) is 3.95. The summed E-state index contributed by atoms with van der Waals surface area (Å²) in [6.45, 7) is 3.97. The van der Waals surface area contributed by atoms with Crippen molar-refractivity contribution >= 4 is 5.78 Å². The van der Waals surface area contributed by atoms with Gasteiger partial charge in [-0.05, 0) is 42.7 Å². The largest absolute Gasteiger partial charge is 0.496 e. The van der Waals surface area contributed by atoms with Crippen LogP contribution in [0.25, 0.3) is 0 Å². The zero-order valence-electron chi connectivity index (χ0n) is 11.4. The lowest BCUT2D eigenvalue weighted by molar-refractivity contribution is 0.0990. The van der Waals surface area contributed by atoms with Gasteiger partial charge in [0.25, 0.3) is 0 Å². The molecule has 0 saturated carbocycles. The van der Waals surface area contributed by atoms with Crippen molar-refractivity contribution in [2.75, 3.05) is 7.11 Å². The number of nitrogens with zero attached hydrogens (tertiary/aromatic N) is 1. The second kappa shape index (κ2) is 5.65. The van der Waals surface area contributed by atoms with Crippen LogP contribution in [-0.2, 0) is 6.42 Å². The lowest BCUT2D eigenvalue weighted by atomic mass is 9.98. The number of hydrogen-bond acceptors (Lipinski definition) is 3. The Hall–Kier alpha value is -2.16. The monoisotopic (exact) mass is 255 g/mol. The van der Waals surface area contributed by atoms with Crippen molar-refractivity contribution in [3.8, 4) is 5.75 Å². The smallest absolute Gasteiger partial charge is 0.171 e. The highest BCUT2D eigenvalue weighted by Gasteiger charge is 2.15. The fourth-order valence-electron chi connectivity index (χ4n) is 2.06. The molecular formula is C16H17NO2. The predicted molar refractivity (Wildman–Crippen MR) is 74.7 cm³/mol. The molecule has 0 fully saturated rings. The normalized spacial score (nSPS) is 10.3. The minimum Gasteiger partial charge on any atom is -0.496 e. The maximum Gasteiger partial charge on any atom is 0.171 e. The first-order valence-electron chi connectivity index (χ1n) is 6.19. The number of ether oxygens (including phenoxy) is 1. The van der Waals surface area contributed by atoms with Crippen LogP contribution in [0.15, 0.2) is 36.7 Å². The number of benzene rings is 1. The number of carbonyl (C=O) groups is 1. The second-order valence-corrected chi connectivity index (χ2v) is 4.55. The molecule has 2 rings (SSSR count). The fraction of sp³-hybridized carbons (Fsp3) is 0.250. The summed E-state index contributed by atoms with van der Waals surface area (Å²) in [4.78, 5) is 16.4. The molecule has 0 aliphatic rings. The molecule has 1 aromatic heterocycles. The van der Waals surface area contributed by atoms with Crippen molar-refractivity contribution in [2.45, 2.75) is 20.3 Å². The summed E-state index contributed by atoms with van der Waals surface area (Å²) >= 11 is 0. The molecule has 1 aromatic carbocycles. The Labute approximate surface area is 113 Å². The Morgan fingerprint density at radius 3 is 2.68 bits per heavy atom. The molecule has 0 atom stereocenters. The lowest BCUT2D eigenvalue weighted by Gasteiger charge is -2.12. The van der Waals surface area contributed by atoms with Crippen LogP contribution in [0.4, 0.5) is 0 Å². The fourth-order valence-corrected chi connectivity index (χ4v) is 2.06. The van der Waals surface area contributed by atoms with Gasteiger partial charge in [0, 0.05) is 18.8 Å². The van der Waals surface area contributed by atoms with E-state index in [0.717, 1.165) is 16.7 Å². The number of pyridine rings is 1. The van der Waals surface area contributed by atoms with Gasteiger partial charge in [-0.25, -0.2) is 0 Å². The maximum absolute atomic E-state index is 12.3. The summed E-state index contributed by atoms with van der Waals surface area (Å²) in [5.41, 5.74) is 3.68. The van der Waals surface area contributed by atoms with E-state index < -0.39 is 0 Å². The quantitative estimate of drug-likeness (QED) is 0.788. The molecule has 0 aliphatic carbocycles. The van der Waals surface area contributed by atoms with Gasteiger partial charge < -0.3 is 4.74 Å². The van der Waals surface area contributed by atoms with Crippen molar-refractivity contribution in [3.63, 3.8) is 0 Å². The first-order valence-corrected chi connectivity index (χ1v) is 6.19. The number of methoxy groups -OCH3 is 1. The molecule has 0 aliphatic heterocycles. The van der Waals surface area contributed by atoms with Gasteiger partial charge in [-0.3, -0.25) is 9.78 Å². The van der Waals surface area contributed by atoms with Crippen molar-refractivity contribution in [1.29, 1.82) is 0 Å². The van der Waals surface area contributed by atoms with Crippen LogP contribution in [0.1, 0.15) is 27.0 Å². The van der Waals surface area contributed by atoms with Crippen LogP contribution in [0.2, 0.25) is 0 Å². The summed E-state index contributed by atoms with van der Waals surface area (Å²) in [5.74, 6) is 0.724. The lowest BCUT2D eigenvalue weighted by Crippen LogP contribution is -2.07. The third-order valence-electron chi connectivity index (χ3n) is 3.27. The molecule has 19 heavy (non-hydrogen) atoms. The highest BCUT2D eigenvalue weighted by Crippen LogP contribution is 2.27. The van der Waals surface area contributed by atoms with Gasteiger partial charge in [0.2, 0.25) is 0 Å². The predicted octanol–water partition coefficient (Wildman–Crippen LogP) is 3.13. The maximum atomic E-state index is 12.3. The molecule has 1 heterocycles. The average Bonchev–Trinajstić information content (AvgIpc) is 2.42. The van der Waals surface area contributed by atoms with Crippen LogP contribution in [0.5, 0.6) is 5.75 Å². The van der Waals surface area contributed by atoms with E-state index in [1.807, 2.05) is 38.1 Å². The van der Waals surface area contributed by atoms with E-state index >= 15 is 0 Å². The number of hydrogen-bond donors (Lipinski definition) is 0. The first kappa shape index (κ1) is 13.3. The minimum atomic E-state index is 0.0490. The summed E-state index contributed by atoms with van der Waals surface area (Å²) in [7, 11) is 1.60. The van der Waals surface area contributed by atoms with Gasteiger partial charge in [0.15, 0.2) is 5.78 Å². The van der Waals surface area contributed by atoms with Gasteiger partial charge >= 0.3 is 0 Å². The Morgan fingerprint density at radius 1 is 1.26 bits per heavy atom. The highest BCUT2D eigenvalue weighted by molar-refractivity contribution is 6.00. The molecule has 0 saturated heterocycles. The van der Waals surface area contributed by atoms with E-state index in [4.69, 9.17) is 4.74 Å². The topological polar surface area (TPSA) is 39.2 Å². The molecular weight excluding hydrogens is 238 g/mol. The standard InChI is InChI=1S/C16H17NO2/c1-11-6-7-14(16(19-3)12(11)2)15(18)9-13-5-4-8-17-10-13/h4-8,10H,9H2,1-3H3.